The van der Waals surface area contributed by atoms with E-state index in [4.69, 9.17) is 5.11 Å². The maximum absolute atomic E-state index is 11.9. The molecule has 0 amide bonds. The Kier molecular flexibility index (Phi) is 9.33. The summed E-state index contributed by atoms with van der Waals surface area (Å²) in [6, 6.07) is 13.4. The molecule has 4 rings (SSSR count). The SMILES string of the molecule is Cc1cc2cccnc2c2ncccc12.OC(CC(O)C(F)(F)F)c1cccs1.[Eu]. The van der Waals surface area contributed by atoms with Crippen molar-refractivity contribution < 1.29 is 72.8 Å². The maximum atomic E-state index is 11.9. The first-order valence-electron chi connectivity index (χ1n) is 8.82. The molecule has 159 valence electrons. The van der Waals surface area contributed by atoms with E-state index < -0.39 is 24.8 Å². The van der Waals surface area contributed by atoms with Gasteiger partial charge >= 0.3 is 6.18 Å². The average Bonchev–Trinajstić information content (AvgIpc) is 3.23. The van der Waals surface area contributed by atoms with Crippen LogP contribution in [0.5, 0.6) is 0 Å². The summed E-state index contributed by atoms with van der Waals surface area (Å²) < 4.78 is 35.7. The largest absolute Gasteiger partial charge is 0.414 e. The fourth-order valence-electron chi connectivity index (χ4n) is 2.90. The number of aliphatic hydroxyl groups is 2. The summed E-state index contributed by atoms with van der Waals surface area (Å²) in [7, 11) is 0. The monoisotopic (exact) mass is 573 g/mol. The number of pyridine rings is 2. The topological polar surface area (TPSA) is 66.2 Å². The number of benzene rings is 1. The van der Waals surface area contributed by atoms with Crippen LogP contribution in [0.4, 0.5) is 13.2 Å². The van der Waals surface area contributed by atoms with Crippen LogP contribution in [0, 0.1) is 56.3 Å². The van der Waals surface area contributed by atoms with Crippen molar-refractivity contribution in [1.82, 2.24) is 9.97 Å². The number of aromatic nitrogens is 2. The molecule has 3 aromatic heterocycles. The molecule has 0 aliphatic heterocycles. The molecule has 1 aromatic carbocycles. The zero-order chi connectivity index (χ0) is 21.0. The molecule has 0 fully saturated rings. The molecule has 4 nitrogen and oxygen atoms in total. The van der Waals surface area contributed by atoms with Crippen LogP contribution in [0.25, 0.3) is 21.8 Å². The number of alkyl halides is 3. The van der Waals surface area contributed by atoms with Gasteiger partial charge < -0.3 is 10.2 Å². The Morgan fingerprint density at radius 1 is 1.00 bits per heavy atom. The fraction of sp³-hybridized carbons (Fsp3) is 0.238. The first-order valence-corrected chi connectivity index (χ1v) is 9.70. The summed E-state index contributed by atoms with van der Waals surface area (Å²) >= 11 is 1.16. The summed E-state index contributed by atoms with van der Waals surface area (Å²) in [6.45, 7) is 2.11. The second-order valence-corrected chi connectivity index (χ2v) is 7.47. The van der Waals surface area contributed by atoms with Crippen molar-refractivity contribution in [3.8, 4) is 0 Å². The molecule has 4 aromatic rings. The number of aliphatic hydroxyl groups excluding tert-OH is 2. The third-order valence-electron chi connectivity index (χ3n) is 4.36. The van der Waals surface area contributed by atoms with Gasteiger partial charge in [-0.1, -0.05) is 18.2 Å². The minimum atomic E-state index is -4.67. The van der Waals surface area contributed by atoms with Crippen LogP contribution in [-0.2, 0) is 0 Å². The minimum Gasteiger partial charge on any atom is -0.387 e. The molecule has 0 aliphatic rings. The number of nitrogens with zero attached hydrogens (tertiary/aromatic N) is 2. The normalized spacial score (nSPS) is 13.3. The van der Waals surface area contributed by atoms with E-state index >= 15 is 0 Å². The Morgan fingerprint density at radius 3 is 2.30 bits per heavy atom. The molecule has 2 N–H and O–H groups in total. The molecule has 0 aliphatic carbocycles. The smallest absolute Gasteiger partial charge is 0.387 e. The molecule has 9 heteroatoms. The summed E-state index contributed by atoms with van der Waals surface area (Å²) in [6.07, 6.45) is -5.49. The van der Waals surface area contributed by atoms with Crippen molar-refractivity contribution in [2.45, 2.75) is 31.7 Å². The Bertz CT molecular complexity index is 1090. The number of halogens is 3. The van der Waals surface area contributed by atoms with E-state index in [1.807, 2.05) is 24.5 Å². The van der Waals surface area contributed by atoms with Crippen molar-refractivity contribution in [1.29, 1.82) is 0 Å². The van der Waals surface area contributed by atoms with Gasteiger partial charge in [0.1, 0.15) is 0 Å². The van der Waals surface area contributed by atoms with Crippen LogP contribution >= 0.6 is 11.3 Å². The van der Waals surface area contributed by atoms with Crippen LogP contribution in [0.2, 0.25) is 0 Å². The number of hydrogen-bond donors (Lipinski definition) is 2. The predicted octanol–water partition coefficient (Wildman–Crippen LogP) is 5.19. The van der Waals surface area contributed by atoms with Crippen LogP contribution in [0.3, 0.4) is 0 Å². The zero-order valence-electron chi connectivity index (χ0n) is 15.8. The van der Waals surface area contributed by atoms with E-state index in [9.17, 15) is 18.3 Å². The van der Waals surface area contributed by atoms with Crippen molar-refractivity contribution in [2.75, 3.05) is 0 Å². The van der Waals surface area contributed by atoms with E-state index in [2.05, 4.69) is 35.1 Å². The Morgan fingerprint density at radius 2 is 1.67 bits per heavy atom. The van der Waals surface area contributed by atoms with Crippen LogP contribution < -0.4 is 0 Å². The molecule has 0 spiro atoms. The van der Waals surface area contributed by atoms with Crippen molar-refractivity contribution >= 4 is 33.1 Å². The average molecular weight is 572 g/mol. The third-order valence-corrected chi connectivity index (χ3v) is 5.34. The van der Waals surface area contributed by atoms with Gasteiger partial charge in [-0.15, -0.1) is 11.3 Å². The molecule has 30 heavy (non-hydrogen) atoms. The number of thiophene rings is 1. The fourth-order valence-corrected chi connectivity index (χ4v) is 3.62. The van der Waals surface area contributed by atoms with Crippen molar-refractivity contribution in [3.05, 3.63) is 70.7 Å². The number of hydrogen-bond acceptors (Lipinski definition) is 5. The molecule has 0 saturated carbocycles. The minimum absolute atomic E-state index is 0. The third kappa shape index (κ3) is 6.28. The molecule has 3 heterocycles. The van der Waals surface area contributed by atoms with Gasteiger partial charge in [0.2, 0.25) is 0 Å². The van der Waals surface area contributed by atoms with E-state index in [1.165, 1.54) is 17.0 Å². The molecule has 0 bridgehead atoms. The van der Waals surface area contributed by atoms with Crippen LogP contribution in [-0.4, -0.2) is 32.5 Å². The number of fused-ring (bicyclic) bond motifs is 3. The van der Waals surface area contributed by atoms with Gasteiger partial charge in [-0.3, -0.25) is 9.97 Å². The number of rotatable bonds is 3. The van der Waals surface area contributed by atoms with Crippen LogP contribution in [0.15, 0.2) is 60.2 Å². The van der Waals surface area contributed by atoms with E-state index in [-0.39, 0.29) is 49.4 Å². The standard InChI is InChI=1S/C13H10N2.C8H9F3O2S.Eu/c1-9-8-10-4-2-6-14-12(10)13-11(9)5-3-7-15-13;9-8(10,11)7(13)4-5(12)6-2-1-3-14-6;/h2-8H,1H3;1-3,5,7,12-13H,4H2;. The Hall–Kier alpha value is -0.966. The van der Waals surface area contributed by atoms with E-state index in [0.717, 1.165) is 27.8 Å². The number of aryl methyl sites for hydroxylation is 1. The zero-order valence-corrected chi connectivity index (χ0v) is 19.1. The van der Waals surface area contributed by atoms with E-state index in [1.54, 1.807) is 11.4 Å². The molecule has 2 unspecified atom stereocenters. The Labute approximate surface area is 216 Å². The molecule has 1 radical (unpaired) electrons. The van der Waals surface area contributed by atoms with Gasteiger partial charge in [-0.05, 0) is 42.1 Å². The quantitative estimate of drug-likeness (QED) is 0.332. The molecular formula is C21H19EuF3N2O2S. The van der Waals surface area contributed by atoms with E-state index in [0.29, 0.717) is 4.88 Å². The second-order valence-electron chi connectivity index (χ2n) is 6.49. The summed E-state index contributed by atoms with van der Waals surface area (Å²) in [5.41, 5.74) is 3.23. The van der Waals surface area contributed by atoms with Gasteiger partial charge in [0.05, 0.1) is 17.1 Å². The molecule has 0 saturated heterocycles. The molecular weight excluding hydrogens is 553 g/mol. The van der Waals surface area contributed by atoms with Gasteiger partial charge in [0.25, 0.3) is 0 Å². The predicted molar refractivity (Wildman–Crippen MR) is 108 cm³/mol. The van der Waals surface area contributed by atoms with Gasteiger partial charge in [-0.2, -0.15) is 13.2 Å². The summed E-state index contributed by atoms with van der Waals surface area (Å²) in [5, 5.41) is 22.0. The van der Waals surface area contributed by atoms with Gasteiger partial charge in [-0.25, -0.2) is 0 Å². The summed E-state index contributed by atoms with van der Waals surface area (Å²) in [5.74, 6) is 0. The first-order chi connectivity index (χ1) is 13.8. The first kappa shape index (κ1) is 25.3. The van der Waals surface area contributed by atoms with Gasteiger partial charge in [0.15, 0.2) is 6.10 Å². The van der Waals surface area contributed by atoms with Gasteiger partial charge in [0, 0.05) is 83.8 Å². The Balaban J connectivity index is 0.000000208. The molecule has 2 atom stereocenters. The van der Waals surface area contributed by atoms with Crippen LogP contribution in [0.1, 0.15) is 23.0 Å². The maximum Gasteiger partial charge on any atom is 0.414 e. The second kappa shape index (κ2) is 11.1. The van der Waals surface area contributed by atoms with Crippen molar-refractivity contribution in [2.24, 2.45) is 0 Å². The summed E-state index contributed by atoms with van der Waals surface area (Å²) in [4.78, 5) is 9.22. The van der Waals surface area contributed by atoms with Crippen molar-refractivity contribution in [3.63, 3.8) is 0 Å².